The molecule has 0 bridgehead atoms. The minimum atomic E-state index is -4.69. The van der Waals surface area contributed by atoms with Crippen LogP contribution in [0.15, 0.2) is 6.20 Å². The Morgan fingerprint density at radius 1 is 1.54 bits per heavy atom. The second-order valence-corrected chi connectivity index (χ2v) is 2.31. The molecule has 1 heterocycles. The zero-order chi connectivity index (χ0) is 9.90. The van der Waals surface area contributed by atoms with Gasteiger partial charge in [-0.3, -0.25) is 4.74 Å². The van der Waals surface area contributed by atoms with Crippen molar-refractivity contribution in [2.24, 2.45) is 0 Å². The van der Waals surface area contributed by atoms with Crippen molar-refractivity contribution in [3.05, 3.63) is 23.2 Å². The molecular weight excluding hydrogens is 209 g/mol. The van der Waals surface area contributed by atoms with Crippen LogP contribution in [0, 0.1) is 6.07 Å². The molecule has 0 saturated carbocycles. The van der Waals surface area contributed by atoms with Crippen LogP contribution in [0.5, 0.6) is 0 Å². The maximum absolute atomic E-state index is 11.5. The molecule has 0 unspecified atom stereocenters. The summed E-state index contributed by atoms with van der Waals surface area (Å²) in [7, 11) is 0. The van der Waals surface area contributed by atoms with Crippen LogP contribution in [0.4, 0.5) is 13.2 Å². The van der Waals surface area contributed by atoms with E-state index in [2.05, 4.69) is 20.8 Å². The average Bonchev–Trinajstić information content (AvgIpc) is 2.00. The van der Waals surface area contributed by atoms with Gasteiger partial charge >= 0.3 is 6.36 Å². The lowest BCUT2D eigenvalue weighted by atomic mass is 10.6. The van der Waals surface area contributed by atoms with Crippen LogP contribution in [0.2, 0.25) is 5.15 Å². The molecule has 0 spiro atoms. The maximum atomic E-state index is 11.5. The monoisotopic (exact) mass is 211 g/mol. The lowest BCUT2D eigenvalue weighted by molar-refractivity contribution is -0.331. The normalized spacial score (nSPS) is 11.7. The summed E-state index contributed by atoms with van der Waals surface area (Å²) in [5, 5.41) is -0.0456. The first-order valence-electron chi connectivity index (χ1n) is 3.07. The third-order valence-corrected chi connectivity index (χ3v) is 1.18. The molecule has 0 aliphatic rings. The summed E-state index contributed by atoms with van der Waals surface area (Å²) in [6.45, 7) is -0.752. The van der Waals surface area contributed by atoms with E-state index in [0.717, 1.165) is 6.20 Å². The van der Waals surface area contributed by atoms with Gasteiger partial charge in [0.15, 0.2) is 5.82 Å². The van der Waals surface area contributed by atoms with Gasteiger partial charge in [-0.1, -0.05) is 11.6 Å². The van der Waals surface area contributed by atoms with Gasteiger partial charge in [0, 0.05) is 12.3 Å². The Bertz CT molecular complexity index is 291. The molecule has 7 heteroatoms. The second-order valence-electron chi connectivity index (χ2n) is 1.96. The third-order valence-electron chi connectivity index (χ3n) is 0.989. The summed E-state index contributed by atoms with van der Waals surface area (Å²) in [6.07, 6.45) is -3.56. The van der Waals surface area contributed by atoms with E-state index in [-0.39, 0.29) is 11.0 Å². The lowest BCUT2D eigenvalue weighted by Gasteiger charge is -2.05. The van der Waals surface area contributed by atoms with Gasteiger partial charge in [-0.2, -0.15) is 0 Å². The van der Waals surface area contributed by atoms with E-state index in [0.29, 0.717) is 0 Å². The molecule has 3 nitrogen and oxygen atoms in total. The van der Waals surface area contributed by atoms with Crippen LogP contribution in [0.1, 0.15) is 5.82 Å². The van der Waals surface area contributed by atoms with Crippen molar-refractivity contribution in [3.63, 3.8) is 0 Å². The first kappa shape index (κ1) is 10.2. The zero-order valence-electron chi connectivity index (χ0n) is 6.10. The molecule has 0 aromatic carbocycles. The first-order chi connectivity index (χ1) is 5.97. The fraction of sp³-hybridized carbons (Fsp3) is 0.333. The number of aromatic nitrogens is 2. The summed E-state index contributed by atoms with van der Waals surface area (Å²) in [5.41, 5.74) is 0. The van der Waals surface area contributed by atoms with Crippen LogP contribution in [0.25, 0.3) is 0 Å². The fourth-order valence-corrected chi connectivity index (χ4v) is 0.697. The van der Waals surface area contributed by atoms with Crippen LogP contribution < -0.4 is 0 Å². The molecule has 0 amide bonds. The van der Waals surface area contributed by atoms with Gasteiger partial charge in [0.05, 0.1) is 0 Å². The highest BCUT2D eigenvalue weighted by Gasteiger charge is 2.29. The quantitative estimate of drug-likeness (QED) is 0.702. The van der Waals surface area contributed by atoms with Gasteiger partial charge in [-0.05, 0) is 0 Å². The Morgan fingerprint density at radius 3 is 2.77 bits per heavy atom. The standard InChI is InChI=1S/C6H3ClF3N2O/c7-4-1-2-11-5(12-4)3-13-6(8,9)10/h2H,3H2. The number of hydrogen-bond donors (Lipinski definition) is 0. The molecule has 1 rings (SSSR count). The van der Waals surface area contributed by atoms with Crippen molar-refractivity contribution < 1.29 is 17.9 Å². The van der Waals surface area contributed by atoms with Gasteiger partial charge in [0.1, 0.15) is 11.8 Å². The van der Waals surface area contributed by atoms with Crippen molar-refractivity contribution in [1.29, 1.82) is 0 Å². The molecule has 1 aromatic rings. The Hall–Kier alpha value is -0.880. The fourth-order valence-electron chi connectivity index (χ4n) is 0.550. The van der Waals surface area contributed by atoms with Gasteiger partial charge in [-0.15, -0.1) is 13.2 Å². The number of hydrogen-bond acceptors (Lipinski definition) is 3. The highest BCUT2D eigenvalue weighted by molar-refractivity contribution is 6.29. The minimum Gasteiger partial charge on any atom is -0.284 e. The number of nitrogens with zero attached hydrogens (tertiary/aromatic N) is 2. The van der Waals surface area contributed by atoms with Gasteiger partial charge in [0.25, 0.3) is 0 Å². The molecule has 0 fully saturated rings. The third kappa shape index (κ3) is 4.05. The largest absolute Gasteiger partial charge is 0.522 e. The Labute approximate surface area is 76.5 Å². The van der Waals surface area contributed by atoms with Crippen molar-refractivity contribution in [3.8, 4) is 0 Å². The van der Waals surface area contributed by atoms with E-state index >= 15 is 0 Å². The lowest BCUT2D eigenvalue weighted by Crippen LogP contribution is -2.14. The van der Waals surface area contributed by atoms with Gasteiger partial charge < -0.3 is 0 Å². The number of ether oxygens (including phenoxy) is 1. The molecule has 0 N–H and O–H groups in total. The summed E-state index contributed by atoms with van der Waals surface area (Å²) < 4.78 is 38.0. The molecule has 0 aliphatic heterocycles. The van der Waals surface area contributed by atoms with Crippen LogP contribution >= 0.6 is 11.6 Å². The van der Waals surface area contributed by atoms with Crippen molar-refractivity contribution in [2.45, 2.75) is 13.0 Å². The van der Waals surface area contributed by atoms with E-state index in [4.69, 9.17) is 11.6 Å². The molecule has 0 aliphatic carbocycles. The Morgan fingerprint density at radius 2 is 2.23 bits per heavy atom. The molecule has 0 atom stereocenters. The number of alkyl halides is 3. The molecule has 13 heavy (non-hydrogen) atoms. The summed E-state index contributed by atoms with van der Waals surface area (Å²) in [5.74, 6) is -0.138. The van der Waals surface area contributed by atoms with Gasteiger partial charge in [-0.25, -0.2) is 9.97 Å². The second kappa shape index (κ2) is 3.89. The predicted molar refractivity (Wildman–Crippen MR) is 36.7 cm³/mol. The van der Waals surface area contributed by atoms with E-state index in [1.54, 1.807) is 0 Å². The van der Waals surface area contributed by atoms with E-state index in [1.807, 2.05) is 0 Å². The van der Waals surface area contributed by atoms with Crippen LogP contribution in [0.3, 0.4) is 0 Å². The molecule has 1 radical (unpaired) electrons. The Balaban J connectivity index is 2.55. The highest BCUT2D eigenvalue weighted by atomic mass is 35.5. The van der Waals surface area contributed by atoms with E-state index in [1.165, 1.54) is 0 Å². The Kier molecular flexibility index (Phi) is 3.05. The number of halogens is 4. The summed E-state index contributed by atoms with van der Waals surface area (Å²) >= 11 is 5.35. The van der Waals surface area contributed by atoms with E-state index in [9.17, 15) is 13.2 Å². The summed E-state index contributed by atoms with van der Waals surface area (Å²) in [6, 6.07) is 2.38. The summed E-state index contributed by atoms with van der Waals surface area (Å²) in [4.78, 5) is 6.92. The highest BCUT2D eigenvalue weighted by Crippen LogP contribution is 2.17. The number of rotatable bonds is 2. The topological polar surface area (TPSA) is 35.0 Å². The predicted octanol–water partition coefficient (Wildman–Crippen LogP) is 1.97. The SMILES string of the molecule is FC(F)(F)OCc1nc[c]c(Cl)n1. The first-order valence-corrected chi connectivity index (χ1v) is 3.45. The van der Waals surface area contributed by atoms with Crippen LogP contribution in [-0.4, -0.2) is 16.3 Å². The molecule has 0 saturated heterocycles. The van der Waals surface area contributed by atoms with Gasteiger partial charge in [0.2, 0.25) is 0 Å². The van der Waals surface area contributed by atoms with Crippen molar-refractivity contribution >= 4 is 11.6 Å². The minimum absolute atomic E-state index is 0.0456. The van der Waals surface area contributed by atoms with E-state index < -0.39 is 13.0 Å². The maximum Gasteiger partial charge on any atom is 0.522 e. The molecule has 1 aromatic heterocycles. The van der Waals surface area contributed by atoms with Crippen molar-refractivity contribution in [1.82, 2.24) is 9.97 Å². The zero-order valence-corrected chi connectivity index (χ0v) is 6.85. The van der Waals surface area contributed by atoms with Crippen molar-refractivity contribution in [2.75, 3.05) is 0 Å². The van der Waals surface area contributed by atoms with Crippen LogP contribution in [-0.2, 0) is 11.3 Å². The smallest absolute Gasteiger partial charge is 0.284 e. The average molecular weight is 212 g/mol. The molecular formula is C6H3ClF3N2O. The molecule has 71 valence electrons.